The molecule has 69 valence electrons. The van der Waals surface area contributed by atoms with Crippen molar-refractivity contribution in [2.45, 2.75) is 5.25 Å². The van der Waals surface area contributed by atoms with Gasteiger partial charge in [0.25, 0.3) is 10.1 Å². The van der Waals surface area contributed by atoms with Gasteiger partial charge in [-0.1, -0.05) is 30.3 Å². The van der Waals surface area contributed by atoms with E-state index in [2.05, 4.69) is 0 Å². The summed E-state index contributed by atoms with van der Waals surface area (Å²) in [5.41, 5.74) is 0.208. The van der Waals surface area contributed by atoms with E-state index in [0.29, 0.717) is 0 Å². The average molecular weight is 199 g/mol. The summed E-state index contributed by atoms with van der Waals surface area (Å²) in [5.74, 6) is 0. The molecule has 0 spiro atoms. The molecule has 0 bridgehead atoms. The fraction of sp³-hybridized carbons (Fsp3) is 0.125. The first-order valence-electron chi connectivity index (χ1n) is 3.44. The molecule has 1 atom stereocenters. The molecular formula is C8H7O4S. The zero-order chi connectivity index (χ0) is 9.90. The van der Waals surface area contributed by atoms with Gasteiger partial charge in [-0.05, 0) is 5.56 Å². The quantitative estimate of drug-likeness (QED) is 0.728. The Morgan fingerprint density at radius 3 is 2.15 bits per heavy atom. The first kappa shape index (κ1) is 9.88. The van der Waals surface area contributed by atoms with Crippen LogP contribution in [0.5, 0.6) is 0 Å². The molecule has 1 N–H and O–H groups in total. The van der Waals surface area contributed by atoms with Crippen molar-refractivity contribution in [1.82, 2.24) is 0 Å². The third-order valence-electron chi connectivity index (χ3n) is 1.51. The molecule has 13 heavy (non-hydrogen) atoms. The number of carbonyl (C=O) groups excluding carboxylic acids is 1. The van der Waals surface area contributed by atoms with Crippen LogP contribution in [0.4, 0.5) is 0 Å². The highest BCUT2D eigenvalue weighted by molar-refractivity contribution is 7.86. The molecule has 0 saturated carbocycles. The lowest BCUT2D eigenvalue weighted by atomic mass is 10.2. The fourth-order valence-electron chi connectivity index (χ4n) is 0.929. The predicted molar refractivity (Wildman–Crippen MR) is 46.4 cm³/mol. The Morgan fingerprint density at radius 2 is 1.77 bits per heavy atom. The topological polar surface area (TPSA) is 71.4 Å². The standard InChI is InChI=1S/C8H7O4S/c9-6-8(13(10,11)12)7-4-2-1-3-5-7/h1-5,8H,(H,10,11,12). The predicted octanol–water partition coefficient (Wildman–Crippen LogP) is 0.725. The van der Waals surface area contributed by atoms with Gasteiger partial charge in [0.1, 0.15) is 0 Å². The molecule has 0 saturated heterocycles. The highest BCUT2D eigenvalue weighted by Gasteiger charge is 2.24. The van der Waals surface area contributed by atoms with Crippen molar-refractivity contribution in [2.24, 2.45) is 0 Å². The Kier molecular flexibility index (Phi) is 2.79. The van der Waals surface area contributed by atoms with Gasteiger partial charge in [0.05, 0.1) is 0 Å². The van der Waals surface area contributed by atoms with Gasteiger partial charge in [0.2, 0.25) is 6.29 Å². The maximum absolute atomic E-state index is 10.7. The van der Waals surface area contributed by atoms with E-state index in [1.165, 1.54) is 18.4 Å². The van der Waals surface area contributed by atoms with Crippen LogP contribution in [0.2, 0.25) is 0 Å². The highest BCUT2D eigenvalue weighted by atomic mass is 32.2. The monoisotopic (exact) mass is 199 g/mol. The molecule has 0 aliphatic heterocycles. The molecule has 0 aromatic heterocycles. The molecule has 0 aliphatic carbocycles. The first-order chi connectivity index (χ1) is 6.05. The Labute approximate surface area is 76.0 Å². The molecule has 0 amide bonds. The van der Waals surface area contributed by atoms with Crippen LogP contribution in [-0.2, 0) is 14.9 Å². The second kappa shape index (κ2) is 3.68. The van der Waals surface area contributed by atoms with Crippen LogP contribution in [0.1, 0.15) is 10.8 Å². The van der Waals surface area contributed by atoms with Gasteiger partial charge >= 0.3 is 0 Å². The lowest BCUT2D eigenvalue weighted by Gasteiger charge is -2.04. The Hall–Kier alpha value is -1.20. The van der Waals surface area contributed by atoms with Crippen molar-refractivity contribution < 1.29 is 17.8 Å². The van der Waals surface area contributed by atoms with Crippen molar-refractivity contribution in [3.05, 3.63) is 35.9 Å². The van der Waals surface area contributed by atoms with Crippen LogP contribution < -0.4 is 0 Å². The second-order valence-electron chi connectivity index (χ2n) is 2.42. The van der Waals surface area contributed by atoms with Gasteiger partial charge in [0, 0.05) is 0 Å². The largest absolute Gasteiger partial charge is 0.289 e. The zero-order valence-electron chi connectivity index (χ0n) is 6.54. The average Bonchev–Trinajstić information content (AvgIpc) is 2.05. The van der Waals surface area contributed by atoms with Crippen molar-refractivity contribution in [1.29, 1.82) is 0 Å². The van der Waals surface area contributed by atoms with Gasteiger partial charge in [-0.25, -0.2) is 0 Å². The minimum Gasteiger partial charge on any atom is -0.289 e. The molecule has 0 heterocycles. The number of benzene rings is 1. The fourth-order valence-corrected chi connectivity index (χ4v) is 1.55. The van der Waals surface area contributed by atoms with Crippen LogP contribution in [-0.4, -0.2) is 19.3 Å². The van der Waals surface area contributed by atoms with Crippen molar-refractivity contribution in [3.63, 3.8) is 0 Å². The number of hydrogen-bond acceptors (Lipinski definition) is 3. The van der Waals surface area contributed by atoms with Crippen LogP contribution in [0.15, 0.2) is 30.3 Å². The van der Waals surface area contributed by atoms with Gasteiger partial charge in [-0.15, -0.1) is 0 Å². The number of rotatable bonds is 3. The normalized spacial score (nSPS) is 13.6. The van der Waals surface area contributed by atoms with E-state index in [-0.39, 0.29) is 5.56 Å². The van der Waals surface area contributed by atoms with Gasteiger partial charge in [0.15, 0.2) is 5.25 Å². The van der Waals surface area contributed by atoms with Crippen LogP contribution in [0, 0.1) is 0 Å². The summed E-state index contributed by atoms with van der Waals surface area (Å²) in [6, 6.07) is 7.69. The Bertz CT molecular complexity index is 382. The molecule has 5 heteroatoms. The molecule has 0 fully saturated rings. The summed E-state index contributed by atoms with van der Waals surface area (Å²) in [6.45, 7) is 0. The summed E-state index contributed by atoms with van der Waals surface area (Å²) >= 11 is 0. The molecule has 4 nitrogen and oxygen atoms in total. The highest BCUT2D eigenvalue weighted by Crippen LogP contribution is 2.17. The maximum Gasteiger partial charge on any atom is 0.279 e. The molecule has 1 aromatic rings. The van der Waals surface area contributed by atoms with Crippen LogP contribution >= 0.6 is 0 Å². The van der Waals surface area contributed by atoms with E-state index in [4.69, 9.17) is 4.55 Å². The maximum atomic E-state index is 10.7. The van der Waals surface area contributed by atoms with Gasteiger partial charge in [-0.3, -0.25) is 9.35 Å². The van der Waals surface area contributed by atoms with E-state index in [9.17, 15) is 13.2 Å². The first-order valence-corrected chi connectivity index (χ1v) is 4.95. The van der Waals surface area contributed by atoms with E-state index >= 15 is 0 Å². The summed E-state index contributed by atoms with van der Waals surface area (Å²) in [5, 5.41) is -1.60. The lowest BCUT2D eigenvalue weighted by molar-refractivity contribution is 0.474. The van der Waals surface area contributed by atoms with E-state index < -0.39 is 15.4 Å². The molecule has 1 aromatic carbocycles. The molecule has 1 radical (unpaired) electrons. The third kappa shape index (κ3) is 2.37. The third-order valence-corrected chi connectivity index (χ3v) is 2.47. The van der Waals surface area contributed by atoms with E-state index in [1.807, 2.05) is 0 Å². The van der Waals surface area contributed by atoms with Gasteiger partial charge < -0.3 is 0 Å². The van der Waals surface area contributed by atoms with E-state index in [1.54, 1.807) is 18.2 Å². The SMILES string of the molecule is O=[C]C(c1ccccc1)S(=O)(=O)O. The summed E-state index contributed by atoms with van der Waals surface area (Å²) in [6.07, 6.45) is 1.27. The molecule has 1 rings (SSSR count). The Balaban J connectivity index is 3.13. The minimum atomic E-state index is -4.39. The summed E-state index contributed by atoms with van der Waals surface area (Å²) in [7, 11) is -4.39. The van der Waals surface area contributed by atoms with Crippen molar-refractivity contribution in [3.8, 4) is 0 Å². The Morgan fingerprint density at radius 1 is 1.23 bits per heavy atom. The van der Waals surface area contributed by atoms with Crippen molar-refractivity contribution >= 4 is 16.4 Å². The van der Waals surface area contributed by atoms with E-state index in [0.717, 1.165) is 0 Å². The number of hydrogen-bond donors (Lipinski definition) is 1. The van der Waals surface area contributed by atoms with Gasteiger partial charge in [-0.2, -0.15) is 8.42 Å². The second-order valence-corrected chi connectivity index (χ2v) is 3.92. The summed E-state index contributed by atoms with van der Waals surface area (Å²) < 4.78 is 30.0. The molecule has 1 unspecified atom stereocenters. The van der Waals surface area contributed by atoms with Crippen LogP contribution in [0.25, 0.3) is 0 Å². The summed E-state index contributed by atoms with van der Waals surface area (Å²) in [4.78, 5) is 10.3. The smallest absolute Gasteiger partial charge is 0.279 e. The van der Waals surface area contributed by atoms with Crippen LogP contribution in [0.3, 0.4) is 0 Å². The molecular weight excluding hydrogens is 192 g/mol. The zero-order valence-corrected chi connectivity index (χ0v) is 7.36. The van der Waals surface area contributed by atoms with Crippen molar-refractivity contribution in [2.75, 3.05) is 0 Å². The lowest BCUT2D eigenvalue weighted by Crippen LogP contribution is -2.13. The molecule has 0 aliphatic rings. The minimum absolute atomic E-state index is 0.208.